The van der Waals surface area contributed by atoms with Gasteiger partial charge in [-0.25, -0.2) is 0 Å². The fraction of sp³-hybridized carbons (Fsp3) is 0.125. The van der Waals surface area contributed by atoms with Crippen molar-refractivity contribution in [1.82, 2.24) is 0 Å². The number of benzene rings is 2. The Morgan fingerprint density at radius 3 is 2.59 bits per heavy atom. The van der Waals surface area contributed by atoms with Gasteiger partial charge in [0, 0.05) is 22.0 Å². The summed E-state index contributed by atoms with van der Waals surface area (Å²) in [5.41, 5.74) is 7.80. The van der Waals surface area contributed by atoms with Crippen LogP contribution in [0.5, 0.6) is 0 Å². The first-order valence-electron chi connectivity index (χ1n) is 6.67. The highest BCUT2D eigenvalue weighted by molar-refractivity contribution is 6.31. The minimum Gasteiger partial charge on any atom is -0.325 e. The Hall–Kier alpha value is -2.37. The smallest absolute Gasteiger partial charge is 0.255 e. The molecule has 0 heterocycles. The summed E-state index contributed by atoms with van der Waals surface area (Å²) in [6.07, 6.45) is 0. The summed E-state index contributed by atoms with van der Waals surface area (Å²) in [7, 11) is 0. The van der Waals surface area contributed by atoms with Gasteiger partial charge in [-0.15, -0.1) is 0 Å². The van der Waals surface area contributed by atoms with Crippen molar-refractivity contribution in [2.24, 2.45) is 5.73 Å². The zero-order chi connectivity index (χ0) is 16.1. The molecular formula is C16H16ClN3O2. The molecule has 0 fully saturated rings. The van der Waals surface area contributed by atoms with Crippen LogP contribution in [0, 0.1) is 6.92 Å². The highest BCUT2D eigenvalue weighted by atomic mass is 35.5. The van der Waals surface area contributed by atoms with Crippen LogP contribution in [-0.4, -0.2) is 18.4 Å². The van der Waals surface area contributed by atoms with Crippen molar-refractivity contribution in [1.29, 1.82) is 0 Å². The molecule has 4 N–H and O–H groups in total. The first-order valence-corrected chi connectivity index (χ1v) is 7.05. The van der Waals surface area contributed by atoms with Gasteiger partial charge in [0.25, 0.3) is 5.91 Å². The van der Waals surface area contributed by atoms with Crippen LogP contribution in [0.3, 0.4) is 0 Å². The number of amides is 2. The number of rotatable bonds is 4. The maximum atomic E-state index is 12.2. The summed E-state index contributed by atoms with van der Waals surface area (Å²) >= 11 is 5.87. The molecule has 0 saturated carbocycles. The van der Waals surface area contributed by atoms with Gasteiger partial charge in [0.05, 0.1) is 6.54 Å². The standard InChI is InChI=1S/C16H16ClN3O2/c1-10-5-6-13(8-14(10)20-15(21)9-18)19-16(22)11-3-2-4-12(17)7-11/h2-8H,9,18H2,1H3,(H,19,22)(H,20,21). The molecule has 0 spiro atoms. The molecule has 0 aromatic heterocycles. The van der Waals surface area contributed by atoms with E-state index in [0.717, 1.165) is 5.56 Å². The molecule has 6 heteroatoms. The maximum Gasteiger partial charge on any atom is 0.255 e. The number of aryl methyl sites for hydroxylation is 1. The van der Waals surface area contributed by atoms with Gasteiger partial charge in [-0.3, -0.25) is 9.59 Å². The average molecular weight is 318 g/mol. The van der Waals surface area contributed by atoms with E-state index in [4.69, 9.17) is 17.3 Å². The topological polar surface area (TPSA) is 84.2 Å². The second-order valence-corrected chi connectivity index (χ2v) is 5.18. The fourth-order valence-corrected chi connectivity index (χ4v) is 2.06. The Kier molecular flexibility index (Phi) is 5.14. The molecule has 0 atom stereocenters. The van der Waals surface area contributed by atoms with Gasteiger partial charge in [0.2, 0.25) is 5.91 Å². The zero-order valence-electron chi connectivity index (χ0n) is 12.0. The number of carbonyl (C=O) groups excluding carboxylic acids is 2. The number of carbonyl (C=O) groups is 2. The molecule has 0 aliphatic rings. The quantitative estimate of drug-likeness (QED) is 0.810. The number of hydrogen-bond acceptors (Lipinski definition) is 3. The molecule has 0 aliphatic heterocycles. The zero-order valence-corrected chi connectivity index (χ0v) is 12.8. The SMILES string of the molecule is Cc1ccc(NC(=O)c2cccc(Cl)c2)cc1NC(=O)CN. The number of halogens is 1. The molecule has 2 aromatic carbocycles. The lowest BCUT2D eigenvalue weighted by molar-refractivity contribution is -0.114. The maximum absolute atomic E-state index is 12.2. The third-order valence-electron chi connectivity index (χ3n) is 3.04. The van der Waals surface area contributed by atoms with Crippen LogP contribution >= 0.6 is 11.6 Å². The monoisotopic (exact) mass is 317 g/mol. The summed E-state index contributed by atoms with van der Waals surface area (Å²) in [6.45, 7) is 1.76. The van der Waals surface area contributed by atoms with Gasteiger partial charge in [-0.05, 0) is 42.8 Å². The van der Waals surface area contributed by atoms with Crippen molar-refractivity contribution in [3.8, 4) is 0 Å². The van der Waals surface area contributed by atoms with E-state index >= 15 is 0 Å². The molecule has 5 nitrogen and oxygen atoms in total. The van der Waals surface area contributed by atoms with Gasteiger partial charge in [0.1, 0.15) is 0 Å². The van der Waals surface area contributed by atoms with E-state index in [1.807, 2.05) is 6.92 Å². The Morgan fingerprint density at radius 2 is 1.91 bits per heavy atom. The summed E-state index contributed by atoms with van der Waals surface area (Å²) in [6, 6.07) is 11.9. The summed E-state index contributed by atoms with van der Waals surface area (Å²) in [4.78, 5) is 23.6. The van der Waals surface area contributed by atoms with Crippen LogP contribution in [0.4, 0.5) is 11.4 Å². The number of anilines is 2. The lowest BCUT2D eigenvalue weighted by atomic mass is 10.1. The molecule has 2 aromatic rings. The molecule has 2 amide bonds. The van der Waals surface area contributed by atoms with Crippen LogP contribution < -0.4 is 16.4 Å². The van der Waals surface area contributed by atoms with Gasteiger partial charge < -0.3 is 16.4 Å². The van der Waals surface area contributed by atoms with Gasteiger partial charge >= 0.3 is 0 Å². The predicted molar refractivity (Wildman–Crippen MR) is 88.3 cm³/mol. The molecule has 2 rings (SSSR count). The van der Waals surface area contributed by atoms with Crippen molar-refractivity contribution in [3.63, 3.8) is 0 Å². The van der Waals surface area contributed by atoms with Crippen LogP contribution in [0.15, 0.2) is 42.5 Å². The molecule has 0 unspecified atom stereocenters. The minimum absolute atomic E-state index is 0.0987. The first-order chi connectivity index (χ1) is 10.5. The highest BCUT2D eigenvalue weighted by Crippen LogP contribution is 2.21. The second-order valence-electron chi connectivity index (χ2n) is 4.75. The van der Waals surface area contributed by atoms with Crippen LogP contribution in [-0.2, 0) is 4.79 Å². The van der Waals surface area contributed by atoms with Gasteiger partial charge in [-0.2, -0.15) is 0 Å². The third-order valence-corrected chi connectivity index (χ3v) is 3.28. The summed E-state index contributed by atoms with van der Waals surface area (Å²) in [5, 5.41) is 5.94. The Balaban J connectivity index is 2.17. The van der Waals surface area contributed by atoms with Crippen LogP contribution in [0.2, 0.25) is 5.02 Å². The largest absolute Gasteiger partial charge is 0.325 e. The van der Waals surface area contributed by atoms with Crippen LogP contribution in [0.25, 0.3) is 0 Å². The average Bonchev–Trinajstić information content (AvgIpc) is 2.50. The van der Waals surface area contributed by atoms with Crippen molar-refractivity contribution >= 4 is 34.8 Å². The highest BCUT2D eigenvalue weighted by Gasteiger charge is 2.09. The van der Waals surface area contributed by atoms with E-state index in [1.165, 1.54) is 0 Å². The number of nitrogens with two attached hydrogens (primary N) is 1. The lowest BCUT2D eigenvalue weighted by Gasteiger charge is -2.11. The summed E-state index contributed by atoms with van der Waals surface area (Å²) in [5.74, 6) is -0.566. The van der Waals surface area contributed by atoms with Crippen molar-refractivity contribution in [2.75, 3.05) is 17.2 Å². The van der Waals surface area contributed by atoms with Crippen molar-refractivity contribution < 1.29 is 9.59 Å². The Labute approximate surface area is 133 Å². The summed E-state index contributed by atoms with van der Waals surface area (Å²) < 4.78 is 0. The van der Waals surface area contributed by atoms with Gasteiger partial charge in [-0.1, -0.05) is 23.7 Å². The van der Waals surface area contributed by atoms with E-state index in [2.05, 4.69) is 10.6 Å². The van der Waals surface area contributed by atoms with Gasteiger partial charge in [0.15, 0.2) is 0 Å². The van der Waals surface area contributed by atoms with Crippen LogP contribution in [0.1, 0.15) is 15.9 Å². The van der Waals surface area contributed by atoms with E-state index in [0.29, 0.717) is 22.0 Å². The molecule has 114 valence electrons. The van der Waals surface area contributed by atoms with Crippen molar-refractivity contribution in [2.45, 2.75) is 6.92 Å². The molecular weight excluding hydrogens is 302 g/mol. The third kappa shape index (κ3) is 4.07. The predicted octanol–water partition coefficient (Wildman–Crippen LogP) is 2.80. The second kappa shape index (κ2) is 7.06. The molecule has 0 aliphatic carbocycles. The number of nitrogens with one attached hydrogen (secondary N) is 2. The Bertz CT molecular complexity index is 716. The minimum atomic E-state index is -0.290. The lowest BCUT2D eigenvalue weighted by Crippen LogP contribution is -2.22. The number of hydrogen-bond donors (Lipinski definition) is 3. The van der Waals surface area contributed by atoms with E-state index in [9.17, 15) is 9.59 Å². The fourth-order valence-electron chi connectivity index (χ4n) is 1.87. The molecule has 0 bridgehead atoms. The molecule has 22 heavy (non-hydrogen) atoms. The molecule has 0 radical (unpaired) electrons. The van der Waals surface area contributed by atoms with E-state index < -0.39 is 0 Å². The first kappa shape index (κ1) is 16.0. The van der Waals surface area contributed by atoms with E-state index in [-0.39, 0.29) is 18.4 Å². The van der Waals surface area contributed by atoms with E-state index in [1.54, 1.807) is 42.5 Å². The normalized spacial score (nSPS) is 10.1. The van der Waals surface area contributed by atoms with Crippen molar-refractivity contribution in [3.05, 3.63) is 58.6 Å². The molecule has 0 saturated heterocycles. The Morgan fingerprint density at radius 1 is 1.14 bits per heavy atom.